The molecule has 6 heterocycles. The van der Waals surface area contributed by atoms with Crippen LogP contribution in [0.15, 0.2) is 91.4 Å². The molecular formula is C56H57F2N7O6Si. The van der Waals surface area contributed by atoms with Gasteiger partial charge in [0.2, 0.25) is 0 Å². The number of carboxylic acids is 1. The summed E-state index contributed by atoms with van der Waals surface area (Å²) in [6.45, 7) is 13.9. The van der Waals surface area contributed by atoms with Gasteiger partial charge in [0.05, 0.1) is 23.1 Å². The zero-order valence-corrected chi connectivity index (χ0v) is 42.6. The SMILES string of the molecule is CC(C)[Si](Oc1c2c(c(CC(=O)O)c3cc(Cc4ccc(F)cc4)cnc13)CN(C)C2=O)(C(C)C)C(C)C.CN1Cc2c(c(O)c3ncc(Cc4ccc(F)cc4)cc3c2Cc2nc3ncccc3[nH]2)C1=O. The molecule has 8 aromatic rings. The standard InChI is InChI=1S/C30H37FN2O4Si.C26H20FN5O2/c1-17(2)38(18(3)4,19(5)6)37-29-27-25(16-33(7)30(27)36)23(14-26(34)35)24-13-21(15-32-28(24)29)12-20-8-10-22(31)11-9-20;1-32-13-19-17(11-21-30-20-3-2-8-28-25(20)31-21)18-10-15(9-14-4-6-16(27)7-5-14)12-29-23(18)24(33)22(19)26(32)34/h8-11,13,15,17-19H,12,14,16H2,1-7H3,(H,34,35);2-8,10,12,33H,9,11,13H2,1H3,(H,28,30,31). The van der Waals surface area contributed by atoms with Crippen molar-refractivity contribution in [2.24, 2.45) is 0 Å². The number of nitrogens with zero attached hydrogens (tertiary/aromatic N) is 6. The maximum atomic E-state index is 13.5. The first-order valence-corrected chi connectivity index (χ1v) is 26.3. The van der Waals surface area contributed by atoms with Gasteiger partial charge in [0.15, 0.2) is 11.4 Å². The highest BCUT2D eigenvalue weighted by Gasteiger charge is 2.49. The fourth-order valence-corrected chi connectivity index (χ4v) is 16.3. The maximum absolute atomic E-state index is 13.5. The van der Waals surface area contributed by atoms with Crippen molar-refractivity contribution in [1.29, 1.82) is 0 Å². The highest BCUT2D eigenvalue weighted by Crippen LogP contribution is 2.48. The number of carbonyl (C=O) groups excluding carboxylic acids is 2. The second kappa shape index (κ2) is 19.5. The normalized spacial score (nSPS) is 13.5. The lowest BCUT2D eigenvalue weighted by Crippen LogP contribution is -2.51. The van der Waals surface area contributed by atoms with Crippen LogP contribution < -0.4 is 4.43 Å². The Kier molecular flexibility index (Phi) is 13.4. The van der Waals surface area contributed by atoms with Gasteiger partial charge >= 0.3 is 5.97 Å². The van der Waals surface area contributed by atoms with Crippen LogP contribution in [0.5, 0.6) is 11.5 Å². The van der Waals surface area contributed by atoms with E-state index in [1.807, 2.05) is 24.3 Å². The Morgan fingerprint density at radius 1 is 0.708 bits per heavy atom. The Bertz CT molecular complexity index is 3380. The van der Waals surface area contributed by atoms with Crippen LogP contribution in [0.3, 0.4) is 0 Å². The minimum Gasteiger partial charge on any atom is -0.541 e. The molecule has 2 aliphatic heterocycles. The minimum atomic E-state index is -2.47. The fraction of sp³-hybridized carbons (Fsp3) is 0.304. The summed E-state index contributed by atoms with van der Waals surface area (Å²) in [4.78, 5) is 63.1. The number of phenolic OH excluding ortho intramolecular Hbond substituents is 1. The molecule has 370 valence electrons. The number of amides is 2. The summed E-state index contributed by atoms with van der Waals surface area (Å²) in [6, 6.07) is 20.4. The molecular weight excluding hydrogens is 933 g/mol. The number of fused-ring (bicyclic) bond motifs is 5. The van der Waals surface area contributed by atoms with Crippen molar-refractivity contribution in [2.45, 2.75) is 96.9 Å². The summed E-state index contributed by atoms with van der Waals surface area (Å²) < 4.78 is 33.9. The number of carbonyl (C=O) groups is 3. The number of imidazole rings is 1. The summed E-state index contributed by atoms with van der Waals surface area (Å²) in [5.41, 5.74) is 10.6. The number of aromatic nitrogens is 5. The van der Waals surface area contributed by atoms with E-state index in [1.54, 1.807) is 66.8 Å². The molecule has 3 N–H and O–H groups in total. The third-order valence-corrected chi connectivity index (χ3v) is 20.3. The van der Waals surface area contributed by atoms with E-state index in [9.17, 15) is 33.4 Å². The molecule has 4 aromatic heterocycles. The lowest BCUT2D eigenvalue weighted by molar-refractivity contribution is -0.136. The molecule has 0 saturated heterocycles. The van der Waals surface area contributed by atoms with Crippen molar-refractivity contribution in [1.82, 2.24) is 34.7 Å². The topological polar surface area (TPSA) is 175 Å². The van der Waals surface area contributed by atoms with Gasteiger partial charge in [0.1, 0.15) is 34.2 Å². The molecule has 10 rings (SSSR count). The molecule has 0 saturated carbocycles. The molecule has 72 heavy (non-hydrogen) atoms. The number of carboxylic acid groups (broad SMARTS) is 1. The monoisotopic (exact) mass is 989 g/mol. The maximum Gasteiger partial charge on any atom is 0.307 e. The number of rotatable bonds is 13. The summed E-state index contributed by atoms with van der Waals surface area (Å²) >= 11 is 0. The number of hydrogen-bond donors (Lipinski definition) is 3. The first kappa shape index (κ1) is 49.4. The smallest absolute Gasteiger partial charge is 0.307 e. The second-order valence-electron chi connectivity index (χ2n) is 20.0. The zero-order chi connectivity index (χ0) is 51.3. The van der Waals surface area contributed by atoms with Gasteiger partial charge in [-0.3, -0.25) is 24.4 Å². The van der Waals surface area contributed by atoms with Crippen molar-refractivity contribution in [3.05, 3.63) is 164 Å². The zero-order valence-electron chi connectivity index (χ0n) is 41.6. The van der Waals surface area contributed by atoms with Crippen LogP contribution in [0, 0.1) is 11.6 Å². The highest BCUT2D eigenvalue weighted by molar-refractivity contribution is 6.78. The summed E-state index contributed by atoms with van der Waals surface area (Å²) in [6.07, 6.45) is 6.43. The molecule has 0 bridgehead atoms. The number of phenols is 1. The Morgan fingerprint density at radius 2 is 1.22 bits per heavy atom. The average Bonchev–Trinajstić information content (AvgIpc) is 3.99. The molecule has 2 amide bonds. The van der Waals surface area contributed by atoms with Crippen molar-refractivity contribution < 1.29 is 37.8 Å². The molecule has 13 nitrogen and oxygen atoms in total. The van der Waals surface area contributed by atoms with Gasteiger partial charge in [0, 0.05) is 63.0 Å². The number of nitrogens with one attached hydrogen (secondary N) is 1. The predicted octanol–water partition coefficient (Wildman–Crippen LogP) is 10.8. The number of aliphatic carboxylic acids is 1. The van der Waals surface area contributed by atoms with Gasteiger partial charge in [-0.2, -0.15) is 0 Å². The molecule has 0 aliphatic carbocycles. The number of pyridine rings is 3. The third kappa shape index (κ3) is 9.15. The Hall–Kier alpha value is -7.59. The van der Waals surface area contributed by atoms with E-state index in [0.717, 1.165) is 44.3 Å². The number of aromatic amines is 1. The Balaban J connectivity index is 0.000000179. The van der Waals surface area contributed by atoms with Crippen LogP contribution in [0.4, 0.5) is 8.78 Å². The highest BCUT2D eigenvalue weighted by atomic mass is 28.4. The van der Waals surface area contributed by atoms with Crippen LogP contribution in [0.25, 0.3) is 33.0 Å². The van der Waals surface area contributed by atoms with Gasteiger partial charge in [-0.05, 0) is 123 Å². The average molecular weight is 990 g/mol. The Labute approximate surface area is 417 Å². The van der Waals surface area contributed by atoms with Crippen molar-refractivity contribution in [3.8, 4) is 11.5 Å². The number of halogens is 2. The lowest BCUT2D eigenvalue weighted by Gasteiger charge is -2.42. The molecule has 16 heteroatoms. The second-order valence-corrected chi connectivity index (χ2v) is 25.4. The number of H-pyrrole nitrogens is 1. The van der Waals surface area contributed by atoms with Gasteiger partial charge < -0.3 is 29.4 Å². The lowest BCUT2D eigenvalue weighted by atomic mass is 9.93. The van der Waals surface area contributed by atoms with Crippen LogP contribution >= 0.6 is 0 Å². The van der Waals surface area contributed by atoms with E-state index < -0.39 is 14.3 Å². The van der Waals surface area contributed by atoms with Crippen molar-refractivity contribution in [3.63, 3.8) is 0 Å². The quantitative estimate of drug-likeness (QED) is 0.0943. The predicted molar refractivity (Wildman–Crippen MR) is 275 cm³/mol. The van der Waals surface area contributed by atoms with E-state index in [2.05, 4.69) is 61.5 Å². The molecule has 0 radical (unpaired) electrons. The molecule has 0 atom stereocenters. The molecule has 0 spiro atoms. The van der Waals surface area contributed by atoms with Gasteiger partial charge in [-0.25, -0.2) is 18.7 Å². The van der Waals surface area contributed by atoms with Crippen LogP contribution in [0.1, 0.15) is 113 Å². The Morgan fingerprint density at radius 3 is 1.75 bits per heavy atom. The van der Waals surface area contributed by atoms with E-state index in [1.165, 1.54) is 24.3 Å². The van der Waals surface area contributed by atoms with E-state index in [-0.39, 0.29) is 52.2 Å². The fourth-order valence-electron chi connectivity index (χ4n) is 11.0. The summed E-state index contributed by atoms with van der Waals surface area (Å²) in [7, 11) is 0.974. The van der Waals surface area contributed by atoms with E-state index >= 15 is 0 Å². The van der Waals surface area contributed by atoms with Crippen LogP contribution in [-0.2, 0) is 43.6 Å². The van der Waals surface area contributed by atoms with Gasteiger partial charge in [-0.1, -0.05) is 65.8 Å². The van der Waals surface area contributed by atoms with Gasteiger partial charge in [0.25, 0.3) is 20.1 Å². The van der Waals surface area contributed by atoms with E-state index in [4.69, 9.17) is 9.41 Å². The molecule has 0 unspecified atom stereocenters. The largest absolute Gasteiger partial charge is 0.541 e. The number of aromatic hydroxyl groups is 1. The van der Waals surface area contributed by atoms with Crippen LogP contribution in [-0.4, -0.2) is 85.1 Å². The molecule has 2 aliphatic rings. The number of hydrogen-bond acceptors (Lipinski definition) is 9. The molecule has 4 aromatic carbocycles. The number of benzene rings is 4. The minimum absolute atomic E-state index is 0.0947. The van der Waals surface area contributed by atoms with Crippen molar-refractivity contribution >= 4 is 59.1 Å². The van der Waals surface area contributed by atoms with Crippen molar-refractivity contribution in [2.75, 3.05) is 14.1 Å². The summed E-state index contributed by atoms with van der Waals surface area (Å²) in [5, 5.41) is 22.3. The van der Waals surface area contributed by atoms with Crippen LogP contribution in [0.2, 0.25) is 16.6 Å². The first-order valence-electron chi connectivity index (χ1n) is 24.2. The first-order chi connectivity index (χ1) is 34.3. The summed E-state index contributed by atoms with van der Waals surface area (Å²) in [5.74, 6) is -0.820. The molecule has 0 fully saturated rings. The van der Waals surface area contributed by atoms with Gasteiger partial charge in [-0.15, -0.1) is 0 Å². The third-order valence-electron chi connectivity index (χ3n) is 14.3. The van der Waals surface area contributed by atoms with E-state index in [0.29, 0.717) is 88.2 Å².